The van der Waals surface area contributed by atoms with Crippen LogP contribution < -0.4 is 11.3 Å². The van der Waals surface area contributed by atoms with Crippen LogP contribution in [0.15, 0.2) is 23.0 Å². The molecule has 5 heteroatoms. The summed E-state index contributed by atoms with van der Waals surface area (Å²) < 4.78 is 0. The molecule has 1 saturated heterocycles. The van der Waals surface area contributed by atoms with Crippen LogP contribution in [-0.2, 0) is 0 Å². The molecule has 1 amide bonds. The van der Waals surface area contributed by atoms with Gasteiger partial charge in [-0.25, -0.2) is 0 Å². The third-order valence-corrected chi connectivity index (χ3v) is 3.25. The molecule has 0 aromatic carbocycles. The largest absolute Gasteiger partial charge is 0.337 e. The van der Waals surface area contributed by atoms with Gasteiger partial charge >= 0.3 is 0 Å². The topological polar surface area (TPSA) is 79.2 Å². The highest BCUT2D eigenvalue weighted by atomic mass is 16.2. The van der Waals surface area contributed by atoms with Crippen molar-refractivity contribution in [2.24, 2.45) is 11.7 Å². The highest BCUT2D eigenvalue weighted by Gasteiger charge is 2.29. The van der Waals surface area contributed by atoms with Crippen LogP contribution in [-0.4, -0.2) is 34.9 Å². The van der Waals surface area contributed by atoms with Crippen molar-refractivity contribution in [1.29, 1.82) is 0 Å². The molecule has 1 fully saturated rings. The maximum atomic E-state index is 12.1. The van der Waals surface area contributed by atoms with Crippen LogP contribution in [0.2, 0.25) is 0 Å². The molecule has 0 radical (unpaired) electrons. The zero-order valence-corrected chi connectivity index (χ0v) is 9.85. The zero-order valence-electron chi connectivity index (χ0n) is 9.85. The summed E-state index contributed by atoms with van der Waals surface area (Å²) in [6.45, 7) is 3.35. The standard InChI is InChI=1S/C12H17N3O2/c1-8(13)9-5-6-15(7-9)12(17)10-3-2-4-11(16)14-10/h2-4,8-9H,5-7,13H2,1H3,(H,14,16). The molecule has 0 spiro atoms. The van der Waals surface area contributed by atoms with Gasteiger partial charge in [-0.2, -0.15) is 0 Å². The first kappa shape index (κ1) is 11.9. The number of carbonyl (C=O) groups excluding carboxylic acids is 1. The van der Waals surface area contributed by atoms with E-state index in [0.717, 1.165) is 6.42 Å². The highest BCUT2D eigenvalue weighted by molar-refractivity contribution is 5.92. The van der Waals surface area contributed by atoms with Crippen LogP contribution in [0.1, 0.15) is 23.8 Å². The van der Waals surface area contributed by atoms with Gasteiger partial charge in [-0.3, -0.25) is 9.59 Å². The first-order valence-electron chi connectivity index (χ1n) is 5.82. The average molecular weight is 235 g/mol. The number of nitrogens with one attached hydrogen (secondary N) is 1. The van der Waals surface area contributed by atoms with Gasteiger partial charge in [0.05, 0.1) is 0 Å². The Labute approximate surface area is 99.6 Å². The van der Waals surface area contributed by atoms with Gasteiger partial charge in [-0.1, -0.05) is 6.07 Å². The smallest absolute Gasteiger partial charge is 0.270 e. The second kappa shape index (κ2) is 4.71. The Kier molecular flexibility index (Phi) is 3.28. The first-order valence-corrected chi connectivity index (χ1v) is 5.82. The first-order chi connectivity index (χ1) is 8.08. The monoisotopic (exact) mass is 235 g/mol. The Morgan fingerprint density at radius 3 is 2.94 bits per heavy atom. The second-order valence-electron chi connectivity index (χ2n) is 4.59. The van der Waals surface area contributed by atoms with Crippen molar-refractivity contribution < 1.29 is 4.79 Å². The van der Waals surface area contributed by atoms with Gasteiger partial charge in [0, 0.05) is 25.2 Å². The SMILES string of the molecule is CC(N)C1CCN(C(=O)c2cccc(=O)[nH]2)C1. The van der Waals surface area contributed by atoms with Crippen LogP contribution in [0.25, 0.3) is 0 Å². The fourth-order valence-electron chi connectivity index (χ4n) is 2.14. The number of amides is 1. The predicted octanol–water partition coefficient (Wildman–Crippen LogP) is 0.184. The van der Waals surface area contributed by atoms with Crippen LogP contribution in [0, 0.1) is 5.92 Å². The number of carbonyl (C=O) groups is 1. The van der Waals surface area contributed by atoms with Crippen LogP contribution in [0.3, 0.4) is 0 Å². The summed E-state index contributed by atoms with van der Waals surface area (Å²) >= 11 is 0. The number of hydrogen-bond donors (Lipinski definition) is 2. The van der Waals surface area contributed by atoms with E-state index in [1.165, 1.54) is 6.07 Å². The van der Waals surface area contributed by atoms with Crippen molar-refractivity contribution in [2.75, 3.05) is 13.1 Å². The molecule has 2 heterocycles. The number of likely N-dealkylation sites (tertiary alicyclic amines) is 1. The van der Waals surface area contributed by atoms with E-state index >= 15 is 0 Å². The normalized spacial score (nSPS) is 21.5. The number of hydrogen-bond acceptors (Lipinski definition) is 3. The number of aromatic amines is 1. The molecule has 3 N–H and O–H groups in total. The van der Waals surface area contributed by atoms with Gasteiger partial charge in [0.1, 0.15) is 5.69 Å². The summed E-state index contributed by atoms with van der Waals surface area (Å²) in [5.41, 5.74) is 5.93. The van der Waals surface area contributed by atoms with Gasteiger partial charge in [0.15, 0.2) is 0 Å². The fraction of sp³-hybridized carbons (Fsp3) is 0.500. The summed E-state index contributed by atoms with van der Waals surface area (Å²) in [5.74, 6) is 0.236. The summed E-state index contributed by atoms with van der Waals surface area (Å²) in [7, 11) is 0. The van der Waals surface area contributed by atoms with E-state index in [-0.39, 0.29) is 17.5 Å². The van der Waals surface area contributed by atoms with Crippen molar-refractivity contribution >= 4 is 5.91 Å². The Balaban J connectivity index is 2.10. The van der Waals surface area contributed by atoms with Crippen LogP contribution in [0.4, 0.5) is 0 Å². The Bertz CT molecular complexity index is 467. The third kappa shape index (κ3) is 2.55. The third-order valence-electron chi connectivity index (χ3n) is 3.25. The quantitative estimate of drug-likeness (QED) is 0.767. The summed E-state index contributed by atoms with van der Waals surface area (Å²) in [6, 6.07) is 4.71. The van der Waals surface area contributed by atoms with Crippen molar-refractivity contribution in [3.8, 4) is 0 Å². The van der Waals surface area contributed by atoms with Gasteiger partial charge in [-0.15, -0.1) is 0 Å². The molecule has 1 aliphatic rings. The summed E-state index contributed by atoms with van der Waals surface area (Å²) in [4.78, 5) is 27.5. The number of aromatic nitrogens is 1. The molecule has 1 aliphatic heterocycles. The van der Waals surface area contributed by atoms with E-state index < -0.39 is 0 Å². The maximum Gasteiger partial charge on any atom is 0.270 e. The molecule has 17 heavy (non-hydrogen) atoms. The Hall–Kier alpha value is -1.62. The molecule has 0 saturated carbocycles. The number of nitrogens with zero attached hydrogens (tertiary/aromatic N) is 1. The van der Waals surface area contributed by atoms with Crippen molar-refractivity contribution in [3.05, 3.63) is 34.2 Å². The lowest BCUT2D eigenvalue weighted by molar-refractivity contribution is 0.0780. The number of rotatable bonds is 2. The minimum Gasteiger partial charge on any atom is -0.337 e. The average Bonchev–Trinajstić information content (AvgIpc) is 2.77. The minimum atomic E-state index is -0.251. The lowest BCUT2D eigenvalue weighted by Crippen LogP contribution is -2.33. The molecule has 2 atom stereocenters. The zero-order chi connectivity index (χ0) is 12.4. The number of nitrogens with two attached hydrogens (primary N) is 1. The molecule has 0 aliphatic carbocycles. The highest BCUT2D eigenvalue weighted by Crippen LogP contribution is 2.19. The molecule has 1 aromatic heterocycles. The molecule has 5 nitrogen and oxygen atoms in total. The molecule has 92 valence electrons. The van der Waals surface area contributed by atoms with Gasteiger partial charge in [-0.05, 0) is 25.3 Å². The fourth-order valence-corrected chi connectivity index (χ4v) is 2.14. The number of H-pyrrole nitrogens is 1. The Morgan fingerprint density at radius 2 is 2.35 bits per heavy atom. The molecule has 2 rings (SSSR count). The van der Waals surface area contributed by atoms with E-state index in [0.29, 0.717) is 24.7 Å². The van der Waals surface area contributed by atoms with E-state index in [2.05, 4.69) is 4.98 Å². The van der Waals surface area contributed by atoms with Crippen LogP contribution in [0.5, 0.6) is 0 Å². The second-order valence-corrected chi connectivity index (χ2v) is 4.59. The van der Waals surface area contributed by atoms with Crippen molar-refractivity contribution in [3.63, 3.8) is 0 Å². The van der Waals surface area contributed by atoms with Crippen LogP contribution >= 0.6 is 0 Å². The maximum absolute atomic E-state index is 12.1. The van der Waals surface area contributed by atoms with E-state index in [9.17, 15) is 9.59 Å². The van der Waals surface area contributed by atoms with E-state index in [1.54, 1.807) is 17.0 Å². The molecule has 2 unspecified atom stereocenters. The van der Waals surface area contributed by atoms with Crippen molar-refractivity contribution in [2.45, 2.75) is 19.4 Å². The van der Waals surface area contributed by atoms with Gasteiger partial charge in [0.25, 0.3) is 5.91 Å². The molecule has 0 bridgehead atoms. The lowest BCUT2D eigenvalue weighted by Gasteiger charge is -2.17. The molecular weight excluding hydrogens is 218 g/mol. The van der Waals surface area contributed by atoms with Gasteiger partial charge < -0.3 is 15.6 Å². The molecule has 1 aromatic rings. The lowest BCUT2D eigenvalue weighted by atomic mass is 10.0. The van der Waals surface area contributed by atoms with Crippen molar-refractivity contribution in [1.82, 2.24) is 9.88 Å². The summed E-state index contributed by atoms with van der Waals surface area (Å²) in [5, 5.41) is 0. The Morgan fingerprint density at radius 1 is 1.59 bits per heavy atom. The molecular formula is C12H17N3O2. The minimum absolute atomic E-state index is 0.0997. The number of pyridine rings is 1. The summed E-state index contributed by atoms with van der Waals surface area (Å²) in [6.07, 6.45) is 0.931. The van der Waals surface area contributed by atoms with E-state index in [4.69, 9.17) is 5.73 Å². The predicted molar refractivity (Wildman–Crippen MR) is 64.7 cm³/mol. The van der Waals surface area contributed by atoms with Gasteiger partial charge in [0.2, 0.25) is 5.56 Å². The van der Waals surface area contributed by atoms with E-state index in [1.807, 2.05) is 6.92 Å².